The average Bonchev–Trinajstić information content (AvgIpc) is 2.67. The van der Waals surface area contributed by atoms with Crippen LogP contribution in [0.4, 0.5) is 0 Å². The van der Waals surface area contributed by atoms with Gasteiger partial charge in [-0.2, -0.15) is 8.42 Å². The second-order valence-corrected chi connectivity index (χ2v) is 12.7. The Morgan fingerprint density at radius 1 is 0.879 bits per heavy atom. The highest BCUT2D eigenvalue weighted by Crippen LogP contribution is 2.41. The van der Waals surface area contributed by atoms with Crippen molar-refractivity contribution in [2.45, 2.75) is 90.8 Å². The summed E-state index contributed by atoms with van der Waals surface area (Å²) in [7, 11) is -4.03. The van der Waals surface area contributed by atoms with Crippen LogP contribution < -0.4 is 32.3 Å². The Morgan fingerprint density at radius 3 is 1.94 bits per heavy atom. The minimum absolute atomic E-state index is 0.0597. The van der Waals surface area contributed by atoms with Gasteiger partial charge in [-0.3, -0.25) is 31.1 Å². The van der Waals surface area contributed by atoms with Gasteiger partial charge in [-0.25, -0.2) is 0 Å². The van der Waals surface area contributed by atoms with Crippen LogP contribution in [-0.4, -0.2) is 61.4 Å². The molecule has 10 nitrogen and oxygen atoms in total. The van der Waals surface area contributed by atoms with Crippen LogP contribution in [0.2, 0.25) is 0 Å². The molecule has 0 aromatic carbocycles. The van der Waals surface area contributed by atoms with Crippen molar-refractivity contribution in [1.82, 2.24) is 26.6 Å². The van der Waals surface area contributed by atoms with Crippen molar-refractivity contribution < 1.29 is 18.1 Å². The van der Waals surface area contributed by atoms with Gasteiger partial charge >= 0.3 is 0 Å². The zero-order chi connectivity index (χ0) is 24.3. The van der Waals surface area contributed by atoms with Crippen molar-refractivity contribution in [3.05, 3.63) is 0 Å². The maximum Gasteiger partial charge on any atom is 0.266 e. The van der Waals surface area contributed by atoms with Crippen LogP contribution in [0.15, 0.2) is 0 Å². The number of hydrogen-bond acceptors (Lipinski definition) is 9. The third kappa shape index (κ3) is 8.08. The minimum Gasteiger partial charge on any atom is -0.365 e. The SMILES string of the molecule is CC1CC(CC2CC(C)C(NC3NC(O)NC(NCCS(=O)(=O)O)N3)C(C)C2)CC(C)C1N. The van der Waals surface area contributed by atoms with E-state index in [2.05, 4.69) is 54.3 Å². The zero-order valence-corrected chi connectivity index (χ0v) is 21.3. The molecule has 0 aromatic heterocycles. The molecule has 0 radical (unpaired) electrons. The average molecular weight is 491 g/mol. The molecular weight excluding hydrogens is 444 g/mol. The van der Waals surface area contributed by atoms with Crippen molar-refractivity contribution in [2.24, 2.45) is 41.2 Å². The van der Waals surface area contributed by atoms with Gasteiger partial charge in [-0.05, 0) is 67.6 Å². The molecule has 1 heterocycles. The van der Waals surface area contributed by atoms with E-state index in [1.165, 1.54) is 32.1 Å². The van der Waals surface area contributed by atoms with E-state index in [4.69, 9.17) is 10.3 Å². The molecule has 3 rings (SSSR count). The van der Waals surface area contributed by atoms with Crippen LogP contribution in [0.25, 0.3) is 0 Å². The smallest absolute Gasteiger partial charge is 0.266 e. The van der Waals surface area contributed by atoms with Crippen molar-refractivity contribution in [3.8, 4) is 0 Å². The molecule has 1 aliphatic heterocycles. The standard InChI is InChI=1S/C22H46N6O4S/c1-12-7-16(8-13(2)18(12)23)11-17-9-14(3)19(15(4)10-17)25-21-26-20(27-22(29)28-21)24-5-6-33(30,31)32/h12-22,24-29H,5-11,23H2,1-4H3,(H,30,31,32). The van der Waals surface area contributed by atoms with E-state index in [1.54, 1.807) is 0 Å². The summed E-state index contributed by atoms with van der Waals surface area (Å²) in [5, 5.41) is 25.9. The first kappa shape index (κ1) is 27.2. The van der Waals surface area contributed by atoms with E-state index in [9.17, 15) is 13.5 Å². The Morgan fingerprint density at radius 2 is 1.39 bits per heavy atom. The summed E-state index contributed by atoms with van der Waals surface area (Å²) in [6, 6.07) is 0.637. The summed E-state index contributed by atoms with van der Waals surface area (Å²) >= 11 is 0. The monoisotopic (exact) mass is 490 g/mol. The fourth-order valence-electron chi connectivity index (χ4n) is 6.58. The Labute approximate surface area is 199 Å². The molecule has 0 amide bonds. The lowest BCUT2D eigenvalue weighted by atomic mass is 9.66. The topological polar surface area (TPSA) is 161 Å². The van der Waals surface area contributed by atoms with Gasteiger partial charge in [0, 0.05) is 18.6 Å². The van der Waals surface area contributed by atoms with E-state index in [-0.39, 0.29) is 12.8 Å². The molecule has 3 aliphatic rings. The number of nitrogens with one attached hydrogen (secondary N) is 5. The minimum atomic E-state index is -4.03. The molecule has 1 saturated heterocycles. The highest BCUT2D eigenvalue weighted by molar-refractivity contribution is 7.85. The Hall–Kier alpha value is -0.370. The van der Waals surface area contributed by atoms with Crippen LogP contribution >= 0.6 is 0 Å². The normalized spacial score (nSPS) is 45.1. The maximum absolute atomic E-state index is 10.9. The molecule has 0 bridgehead atoms. The third-order valence-electron chi connectivity index (χ3n) is 8.08. The molecule has 7 unspecified atom stereocenters. The van der Waals surface area contributed by atoms with Crippen molar-refractivity contribution in [3.63, 3.8) is 0 Å². The van der Waals surface area contributed by atoms with Crippen LogP contribution in [0.5, 0.6) is 0 Å². The van der Waals surface area contributed by atoms with Gasteiger partial charge in [0.2, 0.25) is 0 Å². The number of aliphatic hydroxyl groups is 1. The summed E-state index contributed by atoms with van der Waals surface area (Å²) in [4.78, 5) is 0. The highest BCUT2D eigenvalue weighted by Gasteiger charge is 2.38. The van der Waals surface area contributed by atoms with Gasteiger partial charge in [0.25, 0.3) is 10.1 Å². The largest absolute Gasteiger partial charge is 0.365 e. The van der Waals surface area contributed by atoms with Gasteiger partial charge in [0.05, 0.1) is 5.75 Å². The van der Waals surface area contributed by atoms with Crippen LogP contribution in [-0.2, 0) is 10.1 Å². The summed E-state index contributed by atoms with van der Waals surface area (Å²) in [6.45, 7) is 9.28. The quantitative estimate of drug-likeness (QED) is 0.220. The molecular formula is C22H46N6O4S. The lowest BCUT2D eigenvalue weighted by molar-refractivity contribution is -0.00126. The lowest BCUT2D eigenvalue weighted by Gasteiger charge is -2.46. The summed E-state index contributed by atoms with van der Waals surface area (Å²) in [6.07, 6.45) is 4.40. The number of aliphatic hydroxyl groups excluding tert-OH is 1. The van der Waals surface area contributed by atoms with Gasteiger partial charge < -0.3 is 10.8 Å². The van der Waals surface area contributed by atoms with Crippen LogP contribution in [0.3, 0.4) is 0 Å². The molecule has 0 spiro atoms. The van der Waals surface area contributed by atoms with E-state index in [0.717, 1.165) is 11.8 Å². The maximum atomic E-state index is 10.9. The van der Waals surface area contributed by atoms with Gasteiger partial charge in [0.1, 0.15) is 12.6 Å². The van der Waals surface area contributed by atoms with E-state index < -0.39 is 28.5 Å². The van der Waals surface area contributed by atoms with Gasteiger partial charge in [-0.1, -0.05) is 27.7 Å². The Kier molecular flexibility index (Phi) is 9.55. The Bertz CT molecular complexity index is 704. The molecule has 194 valence electrons. The number of nitrogens with two attached hydrogens (primary N) is 1. The first-order chi connectivity index (χ1) is 15.4. The third-order valence-corrected chi connectivity index (χ3v) is 8.80. The van der Waals surface area contributed by atoms with Crippen molar-refractivity contribution >= 4 is 10.1 Å². The van der Waals surface area contributed by atoms with E-state index >= 15 is 0 Å². The molecule has 7 atom stereocenters. The lowest BCUT2D eigenvalue weighted by Crippen LogP contribution is -2.76. The number of hydrogen-bond donors (Lipinski definition) is 8. The van der Waals surface area contributed by atoms with Gasteiger partial charge in [0.15, 0.2) is 6.35 Å². The molecule has 2 saturated carbocycles. The summed E-state index contributed by atoms with van der Waals surface area (Å²) in [5.41, 5.74) is 6.35. The zero-order valence-electron chi connectivity index (χ0n) is 20.5. The molecule has 3 fully saturated rings. The molecule has 9 N–H and O–H groups in total. The number of rotatable bonds is 8. The first-order valence-electron chi connectivity index (χ1n) is 12.6. The second kappa shape index (κ2) is 11.6. The fraction of sp³-hybridized carbons (Fsp3) is 1.00. The fourth-order valence-corrected chi connectivity index (χ4v) is 6.95. The highest BCUT2D eigenvalue weighted by atomic mass is 32.2. The Balaban J connectivity index is 1.48. The molecule has 11 heteroatoms. The first-order valence-corrected chi connectivity index (χ1v) is 14.2. The van der Waals surface area contributed by atoms with Crippen LogP contribution in [0.1, 0.15) is 59.8 Å². The van der Waals surface area contributed by atoms with E-state index in [1.807, 2.05) is 0 Å². The molecule has 33 heavy (non-hydrogen) atoms. The second-order valence-electron chi connectivity index (χ2n) is 11.1. The van der Waals surface area contributed by atoms with Gasteiger partial charge in [-0.15, -0.1) is 0 Å². The van der Waals surface area contributed by atoms with Crippen molar-refractivity contribution in [1.29, 1.82) is 0 Å². The predicted molar refractivity (Wildman–Crippen MR) is 129 cm³/mol. The molecule has 2 aliphatic carbocycles. The van der Waals surface area contributed by atoms with E-state index in [0.29, 0.717) is 35.8 Å². The van der Waals surface area contributed by atoms with Crippen LogP contribution in [0, 0.1) is 35.5 Å². The summed E-state index contributed by atoms with van der Waals surface area (Å²) < 4.78 is 30.8. The summed E-state index contributed by atoms with van der Waals surface area (Å²) in [5.74, 6) is 3.34. The molecule has 0 aromatic rings. The van der Waals surface area contributed by atoms with Crippen molar-refractivity contribution in [2.75, 3.05) is 12.3 Å². The predicted octanol–water partition coefficient (Wildman–Crippen LogP) is 0.129.